The van der Waals surface area contributed by atoms with Gasteiger partial charge in [-0.15, -0.1) is 0 Å². The van der Waals surface area contributed by atoms with Crippen LogP contribution in [-0.4, -0.2) is 18.0 Å². The molecule has 0 aliphatic heterocycles. The Morgan fingerprint density at radius 3 is 2.63 bits per heavy atom. The highest BCUT2D eigenvalue weighted by molar-refractivity contribution is 7.71. The maximum Gasteiger partial charge on any atom is 0.258 e. The average Bonchev–Trinajstić information content (AvgIpc) is 3.07. The molecule has 0 fully saturated rings. The number of benzene rings is 1. The maximum absolute atomic E-state index is 13.1. The van der Waals surface area contributed by atoms with Gasteiger partial charge in [-0.2, -0.15) is 5.26 Å². The smallest absolute Gasteiger partial charge is 0.258 e. The fourth-order valence-corrected chi connectivity index (χ4v) is 3.16. The first-order valence-corrected chi connectivity index (χ1v) is 8.55. The van der Waals surface area contributed by atoms with Crippen LogP contribution >= 0.6 is 12.2 Å². The second-order valence-electron chi connectivity index (χ2n) is 5.88. The van der Waals surface area contributed by atoms with E-state index in [-0.39, 0.29) is 10.2 Å². The summed E-state index contributed by atoms with van der Waals surface area (Å²) >= 11 is 5.28. The average molecular weight is 379 g/mol. The number of H-pyrrole nitrogens is 1. The monoisotopic (exact) mass is 379 g/mol. The number of carbonyl (C=O) groups is 1. The van der Waals surface area contributed by atoms with Crippen molar-refractivity contribution in [3.05, 3.63) is 63.6 Å². The fourth-order valence-electron chi connectivity index (χ4n) is 2.86. The summed E-state index contributed by atoms with van der Waals surface area (Å²) in [5.74, 6) is 1.21. The summed E-state index contributed by atoms with van der Waals surface area (Å²) in [6, 6.07) is 12.7. The van der Waals surface area contributed by atoms with Crippen molar-refractivity contribution < 1.29 is 13.9 Å². The molecular weight excluding hydrogens is 362 g/mol. The summed E-state index contributed by atoms with van der Waals surface area (Å²) in [7, 11) is 1.53. The van der Waals surface area contributed by atoms with Crippen LogP contribution in [0.1, 0.15) is 27.4 Å². The van der Waals surface area contributed by atoms with Crippen LogP contribution < -0.4 is 10.1 Å². The number of nitrogens with zero attached hydrogens (tertiary/aromatic N) is 1. The maximum atomic E-state index is 13.1. The van der Waals surface area contributed by atoms with Gasteiger partial charge in [0.25, 0.3) is 5.91 Å². The number of nitrogens with one attached hydrogen (secondary N) is 2. The molecule has 136 valence electrons. The SMILES string of the molecule is COc1ccccc1NC(=O)c1c(C)[nH]c(=S)c(C#N)c1-c1ccc(C)o1. The third kappa shape index (κ3) is 3.48. The van der Waals surface area contributed by atoms with Crippen molar-refractivity contribution in [1.29, 1.82) is 5.26 Å². The van der Waals surface area contributed by atoms with Gasteiger partial charge in [-0.1, -0.05) is 24.4 Å². The molecule has 2 N–H and O–H groups in total. The molecular formula is C20H17N3O3S. The van der Waals surface area contributed by atoms with Gasteiger partial charge in [0.1, 0.15) is 28.0 Å². The van der Waals surface area contributed by atoms with Crippen LogP contribution in [0.25, 0.3) is 11.3 Å². The number of hydrogen-bond donors (Lipinski definition) is 2. The second-order valence-corrected chi connectivity index (χ2v) is 6.29. The minimum atomic E-state index is -0.399. The molecule has 0 aliphatic rings. The van der Waals surface area contributed by atoms with E-state index < -0.39 is 5.91 Å². The van der Waals surface area contributed by atoms with Crippen LogP contribution in [-0.2, 0) is 0 Å². The number of amides is 1. The molecule has 2 aromatic heterocycles. The Labute approximate surface area is 161 Å². The first-order chi connectivity index (χ1) is 13.0. The second kappa shape index (κ2) is 7.48. The minimum absolute atomic E-state index is 0.190. The lowest BCUT2D eigenvalue weighted by molar-refractivity contribution is 0.102. The lowest BCUT2D eigenvalue weighted by atomic mass is 9.99. The fraction of sp³-hybridized carbons (Fsp3) is 0.150. The molecule has 0 saturated heterocycles. The standard InChI is InChI=1S/C20H17N3O3S/c1-11-8-9-16(26-11)18-13(10-21)20(27)22-12(2)17(18)19(24)23-14-6-4-5-7-15(14)25-3/h4-9H,1-3H3,(H,22,27)(H,23,24). The summed E-state index contributed by atoms with van der Waals surface area (Å²) in [5.41, 5.74) is 1.91. The summed E-state index contributed by atoms with van der Waals surface area (Å²) in [6.45, 7) is 3.52. The van der Waals surface area contributed by atoms with E-state index in [1.165, 1.54) is 7.11 Å². The van der Waals surface area contributed by atoms with Gasteiger partial charge in [-0.05, 0) is 38.1 Å². The molecule has 0 saturated carbocycles. The van der Waals surface area contributed by atoms with Gasteiger partial charge in [0, 0.05) is 5.69 Å². The Morgan fingerprint density at radius 2 is 2.00 bits per heavy atom. The topological polar surface area (TPSA) is 91.0 Å². The molecule has 3 aromatic rings. The van der Waals surface area contributed by atoms with Crippen molar-refractivity contribution in [2.45, 2.75) is 13.8 Å². The predicted molar refractivity (Wildman–Crippen MR) is 104 cm³/mol. The first-order valence-electron chi connectivity index (χ1n) is 8.14. The van der Waals surface area contributed by atoms with Crippen molar-refractivity contribution >= 4 is 23.8 Å². The summed E-state index contributed by atoms with van der Waals surface area (Å²) in [4.78, 5) is 16.0. The number of aromatic nitrogens is 1. The zero-order valence-corrected chi connectivity index (χ0v) is 15.9. The minimum Gasteiger partial charge on any atom is -0.495 e. The van der Waals surface area contributed by atoms with Crippen molar-refractivity contribution in [3.8, 4) is 23.1 Å². The molecule has 1 aromatic carbocycles. The van der Waals surface area contributed by atoms with Gasteiger partial charge in [-0.25, -0.2) is 0 Å². The first kappa shape index (κ1) is 18.4. The highest BCUT2D eigenvalue weighted by Crippen LogP contribution is 2.32. The van der Waals surface area contributed by atoms with Crippen molar-refractivity contribution in [2.24, 2.45) is 0 Å². The van der Waals surface area contributed by atoms with Crippen LogP contribution in [0.5, 0.6) is 5.75 Å². The van der Waals surface area contributed by atoms with Gasteiger partial charge < -0.3 is 19.5 Å². The molecule has 0 spiro atoms. The van der Waals surface area contributed by atoms with Crippen LogP contribution in [0, 0.1) is 29.8 Å². The quantitative estimate of drug-likeness (QED) is 0.638. The highest BCUT2D eigenvalue weighted by atomic mass is 32.1. The van der Waals surface area contributed by atoms with E-state index in [9.17, 15) is 10.1 Å². The largest absolute Gasteiger partial charge is 0.495 e. The lowest BCUT2D eigenvalue weighted by Gasteiger charge is -2.15. The van der Waals surface area contributed by atoms with Crippen molar-refractivity contribution in [3.63, 3.8) is 0 Å². The molecule has 0 atom stereocenters. The molecule has 6 nitrogen and oxygen atoms in total. The number of methoxy groups -OCH3 is 1. The predicted octanol–water partition coefficient (Wildman–Crippen LogP) is 4.75. The van der Waals surface area contributed by atoms with Crippen molar-refractivity contribution in [1.82, 2.24) is 4.98 Å². The number of ether oxygens (including phenoxy) is 1. The number of aromatic amines is 1. The number of aryl methyl sites for hydroxylation is 2. The Kier molecular flexibility index (Phi) is 5.10. The number of para-hydroxylation sites is 2. The molecule has 0 bridgehead atoms. The van der Waals surface area contributed by atoms with Crippen LogP contribution in [0.4, 0.5) is 5.69 Å². The van der Waals surface area contributed by atoms with Crippen LogP contribution in [0.2, 0.25) is 0 Å². The van der Waals surface area contributed by atoms with Gasteiger partial charge in [0.2, 0.25) is 0 Å². The third-order valence-electron chi connectivity index (χ3n) is 4.08. The number of furan rings is 1. The normalized spacial score (nSPS) is 10.3. The molecule has 0 unspecified atom stereocenters. The number of rotatable bonds is 4. The van der Waals surface area contributed by atoms with Crippen molar-refractivity contribution in [2.75, 3.05) is 12.4 Å². The van der Waals surface area contributed by atoms with E-state index in [1.54, 1.807) is 44.2 Å². The van der Waals surface area contributed by atoms with Gasteiger partial charge >= 0.3 is 0 Å². The summed E-state index contributed by atoms with van der Waals surface area (Å²) in [5, 5.41) is 12.4. The Hall–Kier alpha value is -3.37. The Bertz CT molecular complexity index is 1120. The Balaban J connectivity index is 2.19. The number of anilines is 1. The Morgan fingerprint density at radius 1 is 1.26 bits per heavy atom. The van der Waals surface area contributed by atoms with E-state index in [0.29, 0.717) is 39.8 Å². The molecule has 0 aliphatic carbocycles. The lowest BCUT2D eigenvalue weighted by Crippen LogP contribution is -2.17. The molecule has 2 heterocycles. The molecule has 27 heavy (non-hydrogen) atoms. The van der Waals surface area contributed by atoms with E-state index in [1.807, 2.05) is 6.07 Å². The number of nitriles is 1. The van der Waals surface area contributed by atoms with Gasteiger partial charge in [0.15, 0.2) is 0 Å². The molecule has 0 radical (unpaired) electrons. The van der Waals surface area contributed by atoms with E-state index in [2.05, 4.69) is 16.4 Å². The molecule has 7 heteroatoms. The third-order valence-corrected chi connectivity index (χ3v) is 4.39. The zero-order chi connectivity index (χ0) is 19.6. The number of carbonyl (C=O) groups excluding carboxylic acids is 1. The molecule has 3 rings (SSSR count). The van der Waals surface area contributed by atoms with Crippen LogP contribution in [0.15, 0.2) is 40.8 Å². The molecule has 1 amide bonds. The highest BCUT2D eigenvalue weighted by Gasteiger charge is 2.24. The van der Waals surface area contributed by atoms with E-state index >= 15 is 0 Å². The zero-order valence-electron chi connectivity index (χ0n) is 15.0. The van der Waals surface area contributed by atoms with Crippen LogP contribution in [0.3, 0.4) is 0 Å². The van der Waals surface area contributed by atoms with E-state index in [4.69, 9.17) is 21.4 Å². The number of pyridine rings is 1. The van der Waals surface area contributed by atoms with E-state index in [0.717, 1.165) is 0 Å². The summed E-state index contributed by atoms with van der Waals surface area (Å²) in [6.07, 6.45) is 0. The number of hydrogen-bond acceptors (Lipinski definition) is 5. The summed E-state index contributed by atoms with van der Waals surface area (Å²) < 4.78 is 11.2. The van der Waals surface area contributed by atoms with Gasteiger partial charge in [0.05, 0.1) is 29.5 Å². The van der Waals surface area contributed by atoms with Gasteiger partial charge in [-0.3, -0.25) is 4.79 Å².